The van der Waals surface area contributed by atoms with Gasteiger partial charge in [-0.1, -0.05) is 30.3 Å². The Bertz CT molecular complexity index is 470. The highest BCUT2D eigenvalue weighted by molar-refractivity contribution is 7.89. The second kappa shape index (κ2) is 5.24. The van der Waals surface area contributed by atoms with E-state index in [2.05, 4.69) is 4.40 Å². The zero-order valence-electron chi connectivity index (χ0n) is 8.74. The predicted octanol–water partition coefficient (Wildman–Crippen LogP) is -0.358. The van der Waals surface area contributed by atoms with E-state index < -0.39 is 17.1 Å². The molecule has 86 valence electrons. The van der Waals surface area contributed by atoms with Gasteiger partial charge in [0.25, 0.3) is 0 Å². The topological polar surface area (TPSA) is 87.0 Å². The van der Waals surface area contributed by atoms with Crippen molar-refractivity contribution in [3.63, 3.8) is 0 Å². The average molecular weight is 241 g/mol. The molecule has 0 unspecified atom stereocenters. The van der Waals surface area contributed by atoms with Crippen LogP contribution in [-0.4, -0.2) is 37.5 Å². The Labute approximate surface area is 94.7 Å². The SMILES string of the molecule is CS(=O)(=O)N=C(Cc1ccccc1)B(O)O. The average Bonchev–Trinajstić information content (AvgIpc) is 2.16. The van der Waals surface area contributed by atoms with E-state index in [4.69, 9.17) is 10.0 Å². The smallest absolute Gasteiger partial charge is 0.422 e. The predicted molar refractivity (Wildman–Crippen MR) is 62.6 cm³/mol. The largest absolute Gasteiger partial charge is 0.504 e. The first-order chi connectivity index (χ1) is 7.38. The van der Waals surface area contributed by atoms with E-state index in [9.17, 15) is 8.42 Å². The molecule has 5 nitrogen and oxygen atoms in total. The zero-order valence-corrected chi connectivity index (χ0v) is 9.55. The van der Waals surface area contributed by atoms with Gasteiger partial charge < -0.3 is 10.0 Å². The Morgan fingerprint density at radius 2 is 1.88 bits per heavy atom. The molecule has 0 fully saturated rings. The van der Waals surface area contributed by atoms with Gasteiger partial charge in [-0.05, 0) is 5.56 Å². The first-order valence-electron chi connectivity index (χ1n) is 4.57. The normalized spacial score (nSPS) is 12.6. The number of hydrogen-bond donors (Lipinski definition) is 2. The lowest BCUT2D eigenvalue weighted by atomic mass is 9.80. The van der Waals surface area contributed by atoms with Gasteiger partial charge in [0.05, 0.1) is 11.9 Å². The van der Waals surface area contributed by atoms with Crippen LogP contribution in [0.15, 0.2) is 34.7 Å². The molecule has 0 aliphatic rings. The van der Waals surface area contributed by atoms with Gasteiger partial charge in [-0.15, -0.1) is 0 Å². The highest BCUT2D eigenvalue weighted by Crippen LogP contribution is 2.03. The summed E-state index contributed by atoms with van der Waals surface area (Å²) in [5, 5.41) is 18.0. The van der Waals surface area contributed by atoms with Crippen molar-refractivity contribution >= 4 is 22.8 Å². The minimum Gasteiger partial charge on any atom is -0.422 e. The summed E-state index contributed by atoms with van der Waals surface area (Å²) in [5.41, 5.74) is 0.576. The van der Waals surface area contributed by atoms with E-state index in [1.165, 1.54) is 0 Å². The first kappa shape index (κ1) is 12.9. The third kappa shape index (κ3) is 4.56. The van der Waals surface area contributed by atoms with Crippen molar-refractivity contribution in [1.29, 1.82) is 0 Å². The Kier molecular flexibility index (Phi) is 4.22. The summed E-state index contributed by atoms with van der Waals surface area (Å²) in [6.45, 7) is 0. The first-order valence-corrected chi connectivity index (χ1v) is 6.42. The van der Waals surface area contributed by atoms with Crippen LogP contribution in [0.25, 0.3) is 0 Å². The van der Waals surface area contributed by atoms with Crippen molar-refractivity contribution in [3.8, 4) is 0 Å². The Morgan fingerprint density at radius 3 is 2.31 bits per heavy atom. The lowest BCUT2D eigenvalue weighted by Gasteiger charge is -2.04. The van der Waals surface area contributed by atoms with E-state index in [1.54, 1.807) is 24.3 Å². The minimum absolute atomic E-state index is 0.0889. The van der Waals surface area contributed by atoms with E-state index in [-0.39, 0.29) is 12.0 Å². The summed E-state index contributed by atoms with van der Waals surface area (Å²) in [6, 6.07) is 8.86. The second-order valence-electron chi connectivity index (χ2n) is 3.35. The molecule has 7 heteroatoms. The molecule has 2 N–H and O–H groups in total. The van der Waals surface area contributed by atoms with Crippen molar-refractivity contribution in [2.24, 2.45) is 4.40 Å². The third-order valence-corrected chi connectivity index (χ3v) is 2.38. The fourth-order valence-corrected chi connectivity index (χ4v) is 1.77. The summed E-state index contributed by atoms with van der Waals surface area (Å²) < 4.78 is 25.1. The van der Waals surface area contributed by atoms with Crippen molar-refractivity contribution in [3.05, 3.63) is 35.9 Å². The van der Waals surface area contributed by atoms with Crippen molar-refractivity contribution in [2.75, 3.05) is 6.26 Å². The van der Waals surface area contributed by atoms with Crippen LogP contribution < -0.4 is 0 Å². The maximum atomic E-state index is 10.9. The van der Waals surface area contributed by atoms with Crippen LogP contribution in [0.4, 0.5) is 0 Å². The van der Waals surface area contributed by atoms with Gasteiger partial charge in [0.15, 0.2) is 0 Å². The van der Waals surface area contributed by atoms with Crippen LogP contribution in [0.2, 0.25) is 0 Å². The van der Waals surface area contributed by atoms with Crippen molar-refractivity contribution in [2.45, 2.75) is 6.42 Å². The van der Waals surface area contributed by atoms with Crippen LogP contribution in [0.5, 0.6) is 0 Å². The highest BCUT2D eigenvalue weighted by atomic mass is 32.2. The number of sulfonamides is 1. The van der Waals surface area contributed by atoms with Gasteiger partial charge in [0.1, 0.15) is 0 Å². The van der Waals surface area contributed by atoms with Gasteiger partial charge in [0.2, 0.25) is 10.0 Å². The van der Waals surface area contributed by atoms with Crippen LogP contribution in [-0.2, 0) is 16.4 Å². The standard InChI is InChI=1S/C9H12BNO4S/c1-16(14,15)11-9(10(12)13)7-8-5-3-2-4-6-8/h2-6,12-13H,7H2,1H3. The van der Waals surface area contributed by atoms with Crippen LogP contribution in [0.1, 0.15) is 5.56 Å². The summed E-state index contributed by atoms with van der Waals surface area (Å²) in [6.07, 6.45) is 0.992. The molecule has 0 radical (unpaired) electrons. The zero-order chi connectivity index (χ0) is 12.2. The van der Waals surface area contributed by atoms with E-state index in [0.29, 0.717) is 0 Å². The monoisotopic (exact) mass is 241 g/mol. The summed E-state index contributed by atoms with van der Waals surface area (Å²) in [5.74, 6) is 0. The molecule has 0 aliphatic heterocycles. The Hall–Kier alpha value is -1.18. The summed E-state index contributed by atoms with van der Waals surface area (Å²) >= 11 is 0. The molecule has 1 rings (SSSR count). The van der Waals surface area contributed by atoms with E-state index >= 15 is 0 Å². The van der Waals surface area contributed by atoms with Gasteiger partial charge in [-0.2, -0.15) is 4.40 Å². The molecular weight excluding hydrogens is 229 g/mol. The van der Waals surface area contributed by atoms with Gasteiger partial charge in [-0.25, -0.2) is 8.42 Å². The van der Waals surface area contributed by atoms with Crippen molar-refractivity contribution < 1.29 is 18.5 Å². The van der Waals surface area contributed by atoms with Gasteiger partial charge in [-0.3, -0.25) is 0 Å². The maximum absolute atomic E-state index is 10.9. The maximum Gasteiger partial charge on any atom is 0.504 e. The molecule has 1 aromatic carbocycles. The fourth-order valence-electron chi connectivity index (χ4n) is 1.19. The third-order valence-electron chi connectivity index (χ3n) is 1.81. The minimum atomic E-state index is -3.62. The number of hydrogen-bond acceptors (Lipinski definition) is 4. The molecule has 1 aromatic rings. The number of nitrogens with zero attached hydrogens (tertiary/aromatic N) is 1. The molecule has 0 spiro atoms. The fraction of sp³-hybridized carbons (Fsp3) is 0.222. The van der Waals surface area contributed by atoms with Crippen molar-refractivity contribution in [1.82, 2.24) is 0 Å². The van der Waals surface area contributed by atoms with Gasteiger partial charge in [0, 0.05) is 6.42 Å². The molecule has 0 saturated heterocycles. The molecule has 0 bridgehead atoms. The van der Waals surface area contributed by atoms with E-state index in [0.717, 1.165) is 11.8 Å². The molecule has 0 aliphatic carbocycles. The molecule has 0 aromatic heterocycles. The molecular formula is C9H12BNO4S. The number of rotatable bonds is 4. The second-order valence-corrected chi connectivity index (χ2v) is 5.00. The number of benzene rings is 1. The Morgan fingerprint density at radius 1 is 1.31 bits per heavy atom. The molecule has 0 amide bonds. The molecule has 0 heterocycles. The van der Waals surface area contributed by atoms with Crippen LogP contribution >= 0.6 is 0 Å². The van der Waals surface area contributed by atoms with E-state index in [1.807, 2.05) is 6.07 Å². The lowest BCUT2D eigenvalue weighted by Crippen LogP contribution is -2.28. The molecule has 16 heavy (non-hydrogen) atoms. The van der Waals surface area contributed by atoms with Crippen LogP contribution in [0.3, 0.4) is 0 Å². The molecule has 0 atom stereocenters. The highest BCUT2D eigenvalue weighted by Gasteiger charge is 2.19. The lowest BCUT2D eigenvalue weighted by molar-refractivity contribution is 0.429. The summed E-state index contributed by atoms with van der Waals surface area (Å²) in [4.78, 5) is 0. The Balaban J connectivity index is 2.95. The summed E-state index contributed by atoms with van der Waals surface area (Å²) in [7, 11) is -5.49. The van der Waals surface area contributed by atoms with Gasteiger partial charge >= 0.3 is 7.12 Å². The quantitative estimate of drug-likeness (QED) is 0.556. The van der Waals surface area contributed by atoms with Crippen LogP contribution in [0, 0.1) is 0 Å². The molecule has 0 saturated carbocycles.